The van der Waals surface area contributed by atoms with Gasteiger partial charge in [-0.2, -0.15) is 5.26 Å². The van der Waals surface area contributed by atoms with Crippen molar-refractivity contribution in [3.05, 3.63) is 0 Å². The molecule has 0 aliphatic heterocycles. The molecule has 0 heterocycles. The fourth-order valence-electron chi connectivity index (χ4n) is 0.224. The molecule has 0 saturated carbocycles. The van der Waals surface area contributed by atoms with E-state index in [1.165, 1.54) is 6.07 Å². The standard InChI is InChI=1S/C4H6N2O3/c5-1-2(6)3(7)4(8)9/h2-3,7H,6H2,(H,8,9). The number of carboxylic acid groups (broad SMARTS) is 1. The number of aliphatic hydroxyl groups excluding tert-OH is 1. The third-order valence-electron chi connectivity index (χ3n) is 0.742. The van der Waals surface area contributed by atoms with Crippen LogP contribution in [0, 0.1) is 11.3 Å². The number of hydrogen-bond acceptors (Lipinski definition) is 4. The second-order valence-electron chi connectivity index (χ2n) is 1.44. The van der Waals surface area contributed by atoms with Gasteiger partial charge in [-0.1, -0.05) is 0 Å². The van der Waals surface area contributed by atoms with Crippen molar-refractivity contribution in [3.63, 3.8) is 0 Å². The second kappa shape index (κ2) is 3.02. The first kappa shape index (κ1) is 7.88. The molecule has 0 aliphatic rings. The molecule has 0 spiro atoms. The third-order valence-corrected chi connectivity index (χ3v) is 0.742. The van der Waals surface area contributed by atoms with Crippen LogP contribution in [0.3, 0.4) is 0 Å². The number of nitrogens with two attached hydrogens (primary N) is 1. The van der Waals surface area contributed by atoms with E-state index in [0.717, 1.165) is 0 Å². The highest BCUT2D eigenvalue weighted by Gasteiger charge is 2.20. The first-order valence-corrected chi connectivity index (χ1v) is 2.15. The second-order valence-corrected chi connectivity index (χ2v) is 1.44. The molecule has 0 aromatic carbocycles. The number of nitriles is 1. The van der Waals surface area contributed by atoms with Gasteiger partial charge in [0.05, 0.1) is 6.07 Å². The predicted octanol–water partition coefficient (Wildman–Crippen LogP) is -1.72. The number of aliphatic hydroxyl groups is 1. The Balaban J connectivity index is 3.91. The third kappa shape index (κ3) is 2.08. The van der Waals surface area contributed by atoms with Crippen LogP contribution in [-0.2, 0) is 4.79 Å². The van der Waals surface area contributed by atoms with Gasteiger partial charge < -0.3 is 15.9 Å². The van der Waals surface area contributed by atoms with Crippen molar-refractivity contribution >= 4 is 5.97 Å². The van der Waals surface area contributed by atoms with E-state index in [2.05, 4.69) is 0 Å². The van der Waals surface area contributed by atoms with Crippen molar-refractivity contribution < 1.29 is 15.0 Å². The van der Waals surface area contributed by atoms with Crippen LogP contribution in [-0.4, -0.2) is 28.3 Å². The Morgan fingerprint density at radius 1 is 1.78 bits per heavy atom. The molecule has 5 heteroatoms. The molecule has 0 bridgehead atoms. The summed E-state index contributed by atoms with van der Waals surface area (Å²) in [5.41, 5.74) is 4.83. The minimum atomic E-state index is -1.78. The molecule has 50 valence electrons. The van der Waals surface area contributed by atoms with Gasteiger partial charge in [-0.25, -0.2) is 4.79 Å². The van der Waals surface area contributed by atoms with Crippen LogP contribution in [0.4, 0.5) is 0 Å². The summed E-state index contributed by atoms with van der Waals surface area (Å²) >= 11 is 0. The van der Waals surface area contributed by atoms with Gasteiger partial charge in [-0.3, -0.25) is 0 Å². The van der Waals surface area contributed by atoms with E-state index in [-0.39, 0.29) is 0 Å². The zero-order valence-electron chi connectivity index (χ0n) is 4.48. The first-order valence-electron chi connectivity index (χ1n) is 2.15. The minimum Gasteiger partial charge on any atom is -0.479 e. The molecule has 0 aliphatic carbocycles. The van der Waals surface area contributed by atoms with Crippen LogP contribution in [0.5, 0.6) is 0 Å². The normalized spacial score (nSPS) is 15.7. The number of carbonyl (C=O) groups is 1. The molecule has 0 amide bonds. The van der Waals surface area contributed by atoms with Crippen LogP contribution >= 0.6 is 0 Å². The van der Waals surface area contributed by atoms with Crippen LogP contribution in [0.1, 0.15) is 0 Å². The number of rotatable bonds is 2. The molecule has 0 aromatic rings. The minimum absolute atomic E-state index is 1.34. The van der Waals surface area contributed by atoms with Crippen molar-refractivity contribution in [1.29, 1.82) is 5.26 Å². The highest BCUT2D eigenvalue weighted by molar-refractivity contribution is 5.73. The molecule has 0 radical (unpaired) electrons. The lowest BCUT2D eigenvalue weighted by atomic mass is 10.2. The summed E-state index contributed by atoms with van der Waals surface area (Å²) < 4.78 is 0. The van der Waals surface area contributed by atoms with Gasteiger partial charge in [-0.15, -0.1) is 0 Å². The molecule has 0 rings (SSSR count). The number of carboxylic acids is 1. The summed E-state index contributed by atoms with van der Waals surface area (Å²) in [6.45, 7) is 0. The maximum Gasteiger partial charge on any atom is 0.335 e. The Morgan fingerprint density at radius 2 is 2.22 bits per heavy atom. The SMILES string of the molecule is N#CC(N)C(O)C(=O)O. The Labute approximate surface area is 51.3 Å². The quantitative estimate of drug-likeness (QED) is 0.412. The van der Waals surface area contributed by atoms with Gasteiger partial charge in [0.25, 0.3) is 0 Å². The Bertz CT molecular complexity index is 150. The molecule has 0 fully saturated rings. The van der Waals surface area contributed by atoms with E-state index in [4.69, 9.17) is 21.2 Å². The first-order chi connectivity index (χ1) is 4.09. The van der Waals surface area contributed by atoms with Crippen molar-refractivity contribution in [3.8, 4) is 6.07 Å². The summed E-state index contributed by atoms with van der Waals surface area (Å²) in [4.78, 5) is 9.82. The molecule has 0 aromatic heterocycles. The predicted molar refractivity (Wildman–Crippen MR) is 27.2 cm³/mol. The van der Waals surface area contributed by atoms with Gasteiger partial charge in [0.2, 0.25) is 0 Å². The van der Waals surface area contributed by atoms with E-state index in [9.17, 15) is 4.79 Å². The topological polar surface area (TPSA) is 107 Å². The lowest BCUT2D eigenvalue weighted by Gasteiger charge is -2.04. The number of nitrogens with zero attached hydrogens (tertiary/aromatic N) is 1. The van der Waals surface area contributed by atoms with Crippen molar-refractivity contribution in [2.75, 3.05) is 0 Å². The smallest absolute Gasteiger partial charge is 0.335 e. The van der Waals surface area contributed by atoms with Gasteiger partial charge in [0.1, 0.15) is 6.04 Å². The molecule has 2 unspecified atom stereocenters. The van der Waals surface area contributed by atoms with Crippen molar-refractivity contribution in [2.45, 2.75) is 12.1 Å². The van der Waals surface area contributed by atoms with E-state index >= 15 is 0 Å². The lowest BCUT2D eigenvalue weighted by molar-refractivity contribution is -0.146. The fraction of sp³-hybridized carbons (Fsp3) is 0.500. The average Bonchev–Trinajstić information content (AvgIpc) is 1.84. The van der Waals surface area contributed by atoms with E-state index in [0.29, 0.717) is 0 Å². The Morgan fingerprint density at radius 3 is 2.33 bits per heavy atom. The molecular weight excluding hydrogens is 124 g/mol. The lowest BCUT2D eigenvalue weighted by Crippen LogP contribution is -2.39. The molecule has 9 heavy (non-hydrogen) atoms. The van der Waals surface area contributed by atoms with E-state index in [1.807, 2.05) is 0 Å². The van der Waals surface area contributed by atoms with Gasteiger partial charge in [-0.05, 0) is 0 Å². The summed E-state index contributed by atoms with van der Waals surface area (Å²) in [6.07, 6.45) is -1.78. The van der Waals surface area contributed by atoms with Crippen LogP contribution < -0.4 is 5.73 Å². The highest BCUT2D eigenvalue weighted by Crippen LogP contribution is 1.86. The average molecular weight is 130 g/mol. The van der Waals surface area contributed by atoms with Crippen LogP contribution in [0.25, 0.3) is 0 Å². The maximum atomic E-state index is 9.82. The summed E-state index contributed by atoms with van der Waals surface area (Å²) in [5.74, 6) is -1.48. The van der Waals surface area contributed by atoms with Crippen molar-refractivity contribution in [1.82, 2.24) is 0 Å². The fourth-order valence-corrected chi connectivity index (χ4v) is 0.224. The summed E-state index contributed by atoms with van der Waals surface area (Å²) in [7, 11) is 0. The zero-order valence-corrected chi connectivity index (χ0v) is 4.48. The summed E-state index contributed by atoms with van der Waals surface area (Å²) in [6, 6.07) is 0.0481. The zero-order chi connectivity index (χ0) is 7.44. The monoisotopic (exact) mass is 130 g/mol. The Hall–Kier alpha value is -1.12. The van der Waals surface area contributed by atoms with Gasteiger partial charge in [0, 0.05) is 0 Å². The van der Waals surface area contributed by atoms with Crippen LogP contribution in [0.15, 0.2) is 0 Å². The number of hydrogen-bond donors (Lipinski definition) is 3. The van der Waals surface area contributed by atoms with Crippen molar-refractivity contribution in [2.24, 2.45) is 5.73 Å². The Kier molecular flexibility index (Phi) is 2.64. The summed E-state index contributed by atoms with van der Waals surface area (Å²) in [5, 5.41) is 24.4. The van der Waals surface area contributed by atoms with E-state index < -0.39 is 18.1 Å². The number of aliphatic carboxylic acids is 1. The molecule has 0 saturated heterocycles. The van der Waals surface area contributed by atoms with Gasteiger partial charge >= 0.3 is 5.97 Å². The van der Waals surface area contributed by atoms with Gasteiger partial charge in [0.15, 0.2) is 6.10 Å². The molecule has 5 nitrogen and oxygen atoms in total. The molecule has 4 N–H and O–H groups in total. The molecular formula is C4H6N2O3. The maximum absolute atomic E-state index is 9.82. The largest absolute Gasteiger partial charge is 0.479 e. The van der Waals surface area contributed by atoms with E-state index in [1.54, 1.807) is 0 Å². The highest BCUT2D eigenvalue weighted by atomic mass is 16.4. The molecule has 2 atom stereocenters. The van der Waals surface area contributed by atoms with Crippen LogP contribution in [0.2, 0.25) is 0 Å².